The lowest BCUT2D eigenvalue weighted by atomic mass is 9.48. The molecule has 4 saturated carbocycles. The van der Waals surface area contributed by atoms with E-state index in [2.05, 4.69) is 50.7 Å². The second kappa shape index (κ2) is 7.70. The Hall–Kier alpha value is -1.55. The van der Waals surface area contributed by atoms with Gasteiger partial charge in [0.25, 0.3) is 0 Å². The minimum Gasteiger partial charge on any atom is -0.493 e. The number of rotatable bonds is 8. The third-order valence-corrected chi connectivity index (χ3v) is 7.21. The molecule has 4 aliphatic rings. The van der Waals surface area contributed by atoms with E-state index in [1.807, 2.05) is 0 Å². The predicted octanol–water partition coefficient (Wildman–Crippen LogP) is 3.75. The van der Waals surface area contributed by atoms with Crippen LogP contribution in [0.4, 0.5) is 0 Å². The lowest BCUT2D eigenvalue weighted by molar-refractivity contribution is -0.869. The Labute approximate surface area is 170 Å². The van der Waals surface area contributed by atoms with Crippen LogP contribution in [0.5, 0.6) is 5.75 Å². The molecule has 4 bridgehead atoms. The Morgan fingerprint density at radius 1 is 1.04 bits per heavy atom. The zero-order chi connectivity index (χ0) is 19.8. The summed E-state index contributed by atoms with van der Waals surface area (Å²) in [5, 5.41) is 2.97. The summed E-state index contributed by atoms with van der Waals surface area (Å²) in [5.74, 6) is 3.86. The first-order chi connectivity index (χ1) is 13.3. The first-order valence-electron chi connectivity index (χ1n) is 11.1. The van der Waals surface area contributed by atoms with Gasteiger partial charge in [-0.15, -0.1) is 0 Å². The summed E-state index contributed by atoms with van der Waals surface area (Å²) in [5.41, 5.74) is 1.97. The van der Waals surface area contributed by atoms with E-state index in [9.17, 15) is 4.79 Å². The Morgan fingerprint density at radius 2 is 1.61 bits per heavy atom. The molecule has 0 heterocycles. The molecule has 1 aromatic carbocycles. The average molecular weight is 386 g/mol. The van der Waals surface area contributed by atoms with Crippen molar-refractivity contribution < 1.29 is 14.0 Å². The summed E-state index contributed by atoms with van der Waals surface area (Å²) in [6.07, 6.45) is 9.05. The molecule has 28 heavy (non-hydrogen) atoms. The van der Waals surface area contributed by atoms with Gasteiger partial charge in [-0.05, 0) is 79.4 Å². The summed E-state index contributed by atoms with van der Waals surface area (Å²) in [4.78, 5) is 11.9. The van der Waals surface area contributed by atoms with E-state index < -0.39 is 0 Å². The fraction of sp³-hybridized carbons (Fsp3) is 0.708. The monoisotopic (exact) mass is 385 g/mol. The van der Waals surface area contributed by atoms with Crippen molar-refractivity contribution in [3.8, 4) is 5.75 Å². The van der Waals surface area contributed by atoms with E-state index in [1.165, 1.54) is 44.1 Å². The number of carbonyl (C=O) groups is 1. The third kappa shape index (κ3) is 4.53. The first kappa shape index (κ1) is 19.8. The third-order valence-electron chi connectivity index (χ3n) is 7.21. The molecule has 0 aromatic heterocycles. The first-order valence-corrected chi connectivity index (χ1v) is 11.1. The molecule has 1 aromatic rings. The van der Waals surface area contributed by atoms with Crippen molar-refractivity contribution in [1.82, 2.24) is 5.32 Å². The summed E-state index contributed by atoms with van der Waals surface area (Å²) in [6, 6.07) is 8.82. The maximum atomic E-state index is 11.9. The van der Waals surface area contributed by atoms with E-state index in [-0.39, 0.29) is 5.91 Å². The number of nitrogens with zero attached hydrogens (tertiary/aromatic N) is 1. The number of likely N-dealkylation sites (N-methyl/N-ethyl adjacent to an activating group) is 1. The number of benzene rings is 1. The second-order valence-electron chi connectivity index (χ2n) is 10.7. The van der Waals surface area contributed by atoms with E-state index in [0.717, 1.165) is 34.5 Å². The highest BCUT2D eigenvalue weighted by Gasteiger charge is 2.51. The maximum Gasteiger partial charge on any atom is 0.223 e. The molecule has 1 N–H and O–H groups in total. The molecular formula is C24H37N2O2+. The van der Waals surface area contributed by atoms with Gasteiger partial charge in [-0.1, -0.05) is 12.1 Å². The van der Waals surface area contributed by atoms with Gasteiger partial charge in [0.1, 0.15) is 5.75 Å². The smallest absolute Gasteiger partial charge is 0.223 e. The van der Waals surface area contributed by atoms with Crippen LogP contribution in [-0.4, -0.2) is 51.2 Å². The van der Waals surface area contributed by atoms with E-state index in [4.69, 9.17) is 4.74 Å². The Kier molecular flexibility index (Phi) is 5.43. The van der Waals surface area contributed by atoms with Crippen LogP contribution in [0, 0.1) is 17.8 Å². The van der Waals surface area contributed by atoms with Gasteiger partial charge in [0.2, 0.25) is 5.91 Å². The summed E-state index contributed by atoms with van der Waals surface area (Å²) >= 11 is 0. The highest BCUT2D eigenvalue weighted by molar-refractivity contribution is 5.75. The van der Waals surface area contributed by atoms with Crippen LogP contribution < -0.4 is 10.1 Å². The predicted molar refractivity (Wildman–Crippen MR) is 112 cm³/mol. The molecule has 4 heteroatoms. The fourth-order valence-corrected chi connectivity index (χ4v) is 6.25. The topological polar surface area (TPSA) is 38.3 Å². The summed E-state index contributed by atoms with van der Waals surface area (Å²) in [7, 11) is 6.38. The maximum absolute atomic E-state index is 11.9. The average Bonchev–Trinajstić information content (AvgIpc) is 2.60. The van der Waals surface area contributed by atoms with Gasteiger partial charge < -0.3 is 14.5 Å². The van der Waals surface area contributed by atoms with Crippen LogP contribution in [0.3, 0.4) is 0 Å². The number of hydrogen-bond acceptors (Lipinski definition) is 2. The van der Waals surface area contributed by atoms with E-state index in [0.29, 0.717) is 25.0 Å². The van der Waals surface area contributed by atoms with E-state index >= 15 is 0 Å². The minimum absolute atomic E-state index is 0.0682. The molecule has 0 unspecified atom stereocenters. The number of carbonyl (C=O) groups excluding carboxylic acids is 1. The van der Waals surface area contributed by atoms with Gasteiger partial charge in [0.05, 0.1) is 47.3 Å². The Bertz CT molecular complexity index is 654. The standard InChI is InChI=1S/C24H36N2O2/c1-26(2,3)10-9-25-23(27)8-11-28-22-6-4-21(5-7-22)24-15-18-12-19(16-24)14-20(13-18)17-24/h4-7,18-20H,8-17H2,1-3H3/p+1. The minimum atomic E-state index is 0.0682. The van der Waals surface area contributed by atoms with Crippen LogP contribution in [0.25, 0.3) is 0 Å². The SMILES string of the molecule is C[N+](C)(C)CCNC(=O)CCOc1ccc(C23CC4CC(CC(C4)C2)C3)cc1. The molecule has 0 radical (unpaired) electrons. The molecule has 4 fully saturated rings. The molecule has 154 valence electrons. The molecular weight excluding hydrogens is 348 g/mol. The zero-order valence-electron chi connectivity index (χ0n) is 17.9. The largest absolute Gasteiger partial charge is 0.493 e. The van der Waals surface area contributed by atoms with E-state index in [1.54, 1.807) is 0 Å². The van der Waals surface area contributed by atoms with Gasteiger partial charge in [-0.3, -0.25) is 4.79 Å². The van der Waals surface area contributed by atoms with Gasteiger partial charge in [0.15, 0.2) is 0 Å². The van der Waals surface area contributed by atoms with Crippen LogP contribution in [0.1, 0.15) is 50.5 Å². The van der Waals surface area contributed by atoms with Crippen LogP contribution >= 0.6 is 0 Å². The molecule has 0 saturated heterocycles. The van der Waals surface area contributed by atoms with Gasteiger partial charge in [0, 0.05) is 0 Å². The van der Waals surface area contributed by atoms with Gasteiger partial charge in [-0.25, -0.2) is 0 Å². The van der Waals surface area contributed by atoms with Crippen molar-refractivity contribution in [2.45, 2.75) is 50.4 Å². The molecule has 0 spiro atoms. The van der Waals surface area contributed by atoms with Gasteiger partial charge in [-0.2, -0.15) is 0 Å². The highest BCUT2D eigenvalue weighted by Crippen LogP contribution is 2.60. The normalized spacial score (nSPS) is 31.0. The Morgan fingerprint density at radius 3 is 2.14 bits per heavy atom. The summed E-state index contributed by atoms with van der Waals surface area (Å²) in [6.45, 7) is 2.08. The van der Waals surface area contributed by atoms with Crippen molar-refractivity contribution in [3.05, 3.63) is 29.8 Å². The molecule has 0 atom stereocenters. The zero-order valence-corrected chi connectivity index (χ0v) is 17.9. The van der Waals surface area contributed by atoms with Crippen LogP contribution in [0.2, 0.25) is 0 Å². The lowest BCUT2D eigenvalue weighted by Gasteiger charge is -2.57. The lowest BCUT2D eigenvalue weighted by Crippen LogP contribution is -2.48. The Balaban J connectivity index is 1.25. The van der Waals surface area contributed by atoms with Crippen LogP contribution in [-0.2, 0) is 10.2 Å². The van der Waals surface area contributed by atoms with Crippen molar-refractivity contribution in [1.29, 1.82) is 0 Å². The number of ether oxygens (including phenoxy) is 1. The van der Waals surface area contributed by atoms with Crippen molar-refractivity contribution in [2.24, 2.45) is 17.8 Å². The van der Waals surface area contributed by atoms with Gasteiger partial charge >= 0.3 is 0 Å². The second-order valence-corrected chi connectivity index (χ2v) is 10.7. The van der Waals surface area contributed by atoms with Crippen LogP contribution in [0.15, 0.2) is 24.3 Å². The van der Waals surface area contributed by atoms with Crippen molar-refractivity contribution >= 4 is 5.91 Å². The molecule has 5 rings (SSSR count). The number of quaternary nitrogens is 1. The number of amides is 1. The highest BCUT2D eigenvalue weighted by atomic mass is 16.5. The molecule has 4 nitrogen and oxygen atoms in total. The van der Waals surface area contributed by atoms with Crippen molar-refractivity contribution in [3.63, 3.8) is 0 Å². The summed E-state index contributed by atoms with van der Waals surface area (Å²) < 4.78 is 6.69. The number of nitrogens with one attached hydrogen (secondary N) is 1. The molecule has 1 amide bonds. The number of hydrogen-bond donors (Lipinski definition) is 1. The quantitative estimate of drug-likeness (QED) is 0.692. The fourth-order valence-electron chi connectivity index (χ4n) is 6.25. The molecule has 0 aliphatic heterocycles. The molecule has 4 aliphatic carbocycles. The van der Waals surface area contributed by atoms with Crippen molar-refractivity contribution in [2.75, 3.05) is 40.8 Å².